The van der Waals surface area contributed by atoms with Crippen LogP contribution in [0.5, 0.6) is 0 Å². The number of aromatic nitrogens is 4. The monoisotopic (exact) mass is 402 g/mol. The van der Waals surface area contributed by atoms with E-state index in [9.17, 15) is 10.0 Å². The number of hydrogen-bond donors (Lipinski definition) is 2. The topological polar surface area (TPSA) is 112 Å². The van der Waals surface area contributed by atoms with E-state index in [4.69, 9.17) is 5.73 Å². The Kier molecular flexibility index (Phi) is 4.83. The van der Waals surface area contributed by atoms with Crippen molar-refractivity contribution in [2.45, 2.75) is 20.8 Å². The van der Waals surface area contributed by atoms with Crippen molar-refractivity contribution in [1.29, 1.82) is 0 Å². The lowest BCUT2D eigenvalue weighted by atomic mass is 9.99. The van der Waals surface area contributed by atoms with E-state index in [-0.39, 0.29) is 17.5 Å². The summed E-state index contributed by atoms with van der Waals surface area (Å²) in [6, 6.07) is 13.2. The van der Waals surface area contributed by atoms with Gasteiger partial charge in [0.25, 0.3) is 5.91 Å². The van der Waals surface area contributed by atoms with Crippen LogP contribution in [-0.4, -0.2) is 26.8 Å². The van der Waals surface area contributed by atoms with Gasteiger partial charge in [-0.2, -0.15) is 4.73 Å². The van der Waals surface area contributed by atoms with Crippen molar-refractivity contribution in [1.82, 2.24) is 19.7 Å². The van der Waals surface area contributed by atoms with Gasteiger partial charge in [-0.3, -0.25) is 9.20 Å². The molecule has 30 heavy (non-hydrogen) atoms. The van der Waals surface area contributed by atoms with Crippen LogP contribution >= 0.6 is 0 Å². The summed E-state index contributed by atoms with van der Waals surface area (Å²) in [4.78, 5) is 21.6. The predicted molar refractivity (Wildman–Crippen MR) is 115 cm³/mol. The van der Waals surface area contributed by atoms with Crippen molar-refractivity contribution in [3.8, 4) is 22.4 Å². The fraction of sp³-hybridized carbons (Fsp3) is 0.182. The number of carbonyl (C=O) groups excluding carboxylic acids is 1. The van der Waals surface area contributed by atoms with Gasteiger partial charge in [-0.1, -0.05) is 30.3 Å². The van der Waals surface area contributed by atoms with E-state index in [1.807, 2.05) is 37.3 Å². The molecule has 4 aromatic rings. The molecule has 0 bridgehead atoms. The maximum absolute atomic E-state index is 12.4. The largest absolute Gasteiger partial charge is 0.618 e. The second-order valence-corrected chi connectivity index (χ2v) is 7.06. The number of fused-ring (bicyclic) bond motifs is 1. The molecule has 1 aromatic carbocycles. The Balaban J connectivity index is 2.08. The molecule has 8 nitrogen and oxygen atoms in total. The molecule has 8 heteroatoms. The van der Waals surface area contributed by atoms with Gasteiger partial charge in [-0.15, -0.1) is 0 Å². The predicted octanol–water partition coefficient (Wildman–Crippen LogP) is 2.65. The molecule has 152 valence electrons. The van der Waals surface area contributed by atoms with Gasteiger partial charge in [0.2, 0.25) is 5.95 Å². The quantitative estimate of drug-likeness (QED) is 0.403. The first kappa shape index (κ1) is 19.4. The first-order chi connectivity index (χ1) is 14.4. The van der Waals surface area contributed by atoms with Gasteiger partial charge in [0.15, 0.2) is 17.0 Å². The van der Waals surface area contributed by atoms with Gasteiger partial charge >= 0.3 is 0 Å². The third-order valence-electron chi connectivity index (χ3n) is 4.91. The summed E-state index contributed by atoms with van der Waals surface area (Å²) in [5.74, 6) is -0.0652. The average Bonchev–Trinajstić information content (AvgIpc) is 3.18. The molecule has 0 fully saturated rings. The number of aryl methyl sites for hydroxylation is 2. The van der Waals surface area contributed by atoms with Gasteiger partial charge < -0.3 is 16.3 Å². The summed E-state index contributed by atoms with van der Waals surface area (Å²) >= 11 is 0. The zero-order valence-corrected chi connectivity index (χ0v) is 17.0. The Morgan fingerprint density at radius 3 is 2.43 bits per heavy atom. The number of benzene rings is 1. The lowest BCUT2D eigenvalue weighted by molar-refractivity contribution is -0.619. The Morgan fingerprint density at radius 1 is 1.13 bits per heavy atom. The highest BCUT2D eigenvalue weighted by molar-refractivity contribution is 5.96. The number of rotatable bonds is 4. The van der Waals surface area contributed by atoms with Crippen molar-refractivity contribution in [3.05, 3.63) is 71.0 Å². The lowest BCUT2D eigenvalue weighted by Gasteiger charge is -2.14. The summed E-state index contributed by atoms with van der Waals surface area (Å²) in [6.07, 6.45) is 1.58. The van der Waals surface area contributed by atoms with E-state index in [0.717, 1.165) is 15.9 Å². The van der Waals surface area contributed by atoms with Crippen LogP contribution in [0, 0.1) is 19.1 Å². The van der Waals surface area contributed by atoms with Gasteiger partial charge in [0.05, 0.1) is 11.3 Å². The Labute approximate surface area is 173 Å². The molecule has 0 aliphatic rings. The van der Waals surface area contributed by atoms with E-state index in [0.29, 0.717) is 34.8 Å². The second kappa shape index (κ2) is 7.47. The number of nitrogens with two attached hydrogens (primary N) is 1. The molecular formula is C22H22N6O2. The van der Waals surface area contributed by atoms with E-state index in [2.05, 4.69) is 15.3 Å². The number of anilines is 1. The van der Waals surface area contributed by atoms with Gasteiger partial charge in [-0.25, -0.2) is 9.97 Å². The number of hydrogen-bond acceptors (Lipinski definition) is 5. The van der Waals surface area contributed by atoms with E-state index >= 15 is 0 Å². The first-order valence-electron chi connectivity index (χ1n) is 9.64. The molecule has 4 rings (SSSR count). The number of nitrogens with zero attached hydrogens (tertiary/aromatic N) is 4. The van der Waals surface area contributed by atoms with Crippen molar-refractivity contribution < 1.29 is 9.52 Å². The maximum Gasteiger partial charge on any atom is 0.271 e. The van der Waals surface area contributed by atoms with E-state index in [1.165, 1.54) is 0 Å². The molecule has 0 atom stereocenters. The van der Waals surface area contributed by atoms with Crippen LogP contribution < -0.4 is 15.8 Å². The molecule has 0 aliphatic carbocycles. The number of imidazole rings is 1. The van der Waals surface area contributed by atoms with Gasteiger partial charge in [-0.05, 0) is 6.92 Å². The summed E-state index contributed by atoms with van der Waals surface area (Å²) in [5.41, 5.74) is 11.1. The minimum Gasteiger partial charge on any atom is -0.618 e. The SMILES string of the molecule is CCNC(=O)c1cn2c(N)nc(-c3ccccc3)c(-c3cc(C)[n+]([O-])c(C)c3)c2n1. The molecule has 0 aliphatic heterocycles. The zero-order valence-electron chi connectivity index (χ0n) is 17.0. The highest BCUT2D eigenvalue weighted by atomic mass is 16.5. The number of carbonyl (C=O) groups is 1. The Bertz CT molecular complexity index is 1240. The minimum atomic E-state index is -0.286. The van der Waals surface area contributed by atoms with Crippen molar-refractivity contribution >= 4 is 17.5 Å². The first-order valence-corrected chi connectivity index (χ1v) is 9.64. The van der Waals surface area contributed by atoms with Crippen molar-refractivity contribution in [3.63, 3.8) is 0 Å². The van der Waals surface area contributed by atoms with Crippen LogP contribution in [0.1, 0.15) is 28.8 Å². The lowest BCUT2D eigenvalue weighted by Crippen LogP contribution is -2.33. The third-order valence-corrected chi connectivity index (χ3v) is 4.91. The fourth-order valence-corrected chi connectivity index (χ4v) is 3.52. The number of amides is 1. The number of nitrogen functional groups attached to an aromatic ring is 1. The summed E-state index contributed by atoms with van der Waals surface area (Å²) in [6.45, 7) is 5.83. The highest BCUT2D eigenvalue weighted by Crippen LogP contribution is 2.35. The van der Waals surface area contributed by atoms with E-state index in [1.54, 1.807) is 36.6 Å². The molecule has 0 saturated carbocycles. The highest BCUT2D eigenvalue weighted by Gasteiger charge is 2.22. The molecular weight excluding hydrogens is 380 g/mol. The third kappa shape index (κ3) is 3.22. The Morgan fingerprint density at radius 2 is 1.80 bits per heavy atom. The smallest absolute Gasteiger partial charge is 0.271 e. The van der Waals surface area contributed by atoms with Crippen LogP contribution in [0.15, 0.2) is 48.7 Å². The van der Waals surface area contributed by atoms with Crippen LogP contribution in [0.3, 0.4) is 0 Å². The van der Waals surface area contributed by atoms with Crippen molar-refractivity contribution in [2.24, 2.45) is 0 Å². The zero-order chi connectivity index (χ0) is 21.4. The summed E-state index contributed by atoms with van der Waals surface area (Å²) in [7, 11) is 0. The molecule has 0 saturated heterocycles. The molecule has 3 N–H and O–H groups in total. The van der Waals surface area contributed by atoms with Crippen LogP contribution in [0.4, 0.5) is 5.95 Å². The maximum atomic E-state index is 12.4. The molecule has 0 spiro atoms. The number of pyridine rings is 1. The van der Waals surface area contributed by atoms with Crippen molar-refractivity contribution in [2.75, 3.05) is 12.3 Å². The van der Waals surface area contributed by atoms with Crippen LogP contribution in [-0.2, 0) is 0 Å². The molecule has 0 radical (unpaired) electrons. The fourth-order valence-electron chi connectivity index (χ4n) is 3.52. The van der Waals surface area contributed by atoms with Crippen LogP contribution in [0.25, 0.3) is 28.0 Å². The minimum absolute atomic E-state index is 0.221. The molecule has 1 amide bonds. The normalized spacial score (nSPS) is 11.0. The van der Waals surface area contributed by atoms with Crippen LogP contribution in [0.2, 0.25) is 0 Å². The molecule has 3 aromatic heterocycles. The second-order valence-electron chi connectivity index (χ2n) is 7.06. The summed E-state index contributed by atoms with van der Waals surface area (Å²) in [5, 5.41) is 15.0. The number of nitrogens with one attached hydrogen (secondary N) is 1. The van der Waals surface area contributed by atoms with Gasteiger partial charge in [0.1, 0.15) is 5.69 Å². The Hall–Kier alpha value is -3.94. The van der Waals surface area contributed by atoms with E-state index < -0.39 is 0 Å². The standard InChI is InChI=1S/C22H22N6O2/c1-4-24-21(29)17-12-27-20(25-17)18(16-10-13(2)28(30)14(3)11-16)19(26-22(27)23)15-8-6-5-7-9-15/h5-12H,4H2,1-3H3,(H2,23,26)(H,24,29). The average molecular weight is 402 g/mol. The molecule has 3 heterocycles. The summed E-state index contributed by atoms with van der Waals surface area (Å²) < 4.78 is 2.48. The molecule has 0 unspecified atom stereocenters. The van der Waals surface area contributed by atoms with Gasteiger partial charge in [0, 0.05) is 49.8 Å².